The fourth-order valence-electron chi connectivity index (χ4n) is 3.28. The minimum atomic E-state index is -0.696. The lowest BCUT2D eigenvalue weighted by Crippen LogP contribution is -2.50. The van der Waals surface area contributed by atoms with E-state index in [1.54, 1.807) is 0 Å². The Kier molecular flexibility index (Phi) is 3.48. The van der Waals surface area contributed by atoms with Crippen LogP contribution < -0.4 is 0 Å². The first-order chi connectivity index (χ1) is 10.6. The van der Waals surface area contributed by atoms with Crippen LogP contribution in [0, 0.1) is 0 Å². The van der Waals surface area contributed by atoms with Crippen LogP contribution in [0.25, 0.3) is 0 Å². The molecule has 3 heterocycles. The Labute approximate surface area is 128 Å². The van der Waals surface area contributed by atoms with E-state index in [0.29, 0.717) is 0 Å². The lowest BCUT2D eigenvalue weighted by Gasteiger charge is -2.39. The normalized spacial score (nSPS) is 42.9. The second-order valence-corrected chi connectivity index (χ2v) is 6.27. The Bertz CT molecular complexity index is 533. The maximum absolute atomic E-state index is 9.63. The van der Waals surface area contributed by atoms with Crippen molar-refractivity contribution in [1.29, 1.82) is 0 Å². The highest BCUT2D eigenvalue weighted by molar-refractivity contribution is 5.17. The first-order valence-corrected chi connectivity index (χ1v) is 7.55. The van der Waals surface area contributed by atoms with E-state index in [-0.39, 0.29) is 18.8 Å². The molecule has 0 radical (unpaired) electrons. The summed E-state index contributed by atoms with van der Waals surface area (Å²) in [6.45, 7) is 3.55. The monoisotopic (exact) mass is 308 g/mol. The molecule has 3 aliphatic heterocycles. The van der Waals surface area contributed by atoms with Gasteiger partial charge in [-0.3, -0.25) is 0 Å². The van der Waals surface area contributed by atoms with Crippen LogP contribution in [0.15, 0.2) is 30.3 Å². The molecule has 4 rings (SSSR count). The van der Waals surface area contributed by atoms with Crippen molar-refractivity contribution in [2.24, 2.45) is 0 Å². The fourth-order valence-corrected chi connectivity index (χ4v) is 3.28. The summed E-state index contributed by atoms with van der Waals surface area (Å²) >= 11 is 0. The molecule has 3 saturated heterocycles. The van der Waals surface area contributed by atoms with Gasteiger partial charge in [0.2, 0.25) is 0 Å². The zero-order valence-corrected chi connectivity index (χ0v) is 12.5. The van der Waals surface area contributed by atoms with Crippen molar-refractivity contribution in [2.45, 2.75) is 56.6 Å². The topological polar surface area (TPSA) is 66.4 Å². The van der Waals surface area contributed by atoms with Crippen LogP contribution in [0.4, 0.5) is 0 Å². The summed E-state index contributed by atoms with van der Waals surface area (Å²) < 4.78 is 29.4. The molecule has 5 unspecified atom stereocenters. The van der Waals surface area contributed by atoms with Gasteiger partial charge in [-0.1, -0.05) is 30.3 Å². The summed E-state index contributed by atoms with van der Waals surface area (Å²) in [7, 11) is 0. The van der Waals surface area contributed by atoms with Crippen molar-refractivity contribution >= 4 is 0 Å². The number of hydrogen-bond acceptors (Lipinski definition) is 6. The summed E-state index contributed by atoms with van der Waals surface area (Å²) in [6.07, 6.45) is -2.54. The van der Waals surface area contributed by atoms with Crippen LogP contribution in [0.5, 0.6) is 0 Å². The summed E-state index contributed by atoms with van der Waals surface area (Å²) in [6, 6.07) is 9.65. The SMILES string of the molecule is CC1(C)OC2OC3C(OC(c4ccccc4)O[C@H]3CO)C2O1. The highest BCUT2D eigenvalue weighted by Crippen LogP contribution is 2.44. The number of aliphatic hydroxyl groups excluding tert-OH is 1. The van der Waals surface area contributed by atoms with Gasteiger partial charge in [-0.2, -0.15) is 0 Å². The predicted octanol–water partition coefficient (Wildman–Crippen LogP) is 1.34. The van der Waals surface area contributed by atoms with E-state index in [1.807, 2.05) is 44.2 Å². The Morgan fingerprint density at radius 1 is 0.955 bits per heavy atom. The number of hydrogen-bond donors (Lipinski definition) is 1. The third-order valence-corrected chi connectivity index (χ3v) is 4.22. The quantitative estimate of drug-likeness (QED) is 0.889. The number of ether oxygens (including phenoxy) is 5. The Morgan fingerprint density at radius 3 is 2.45 bits per heavy atom. The van der Waals surface area contributed by atoms with E-state index in [0.717, 1.165) is 5.56 Å². The van der Waals surface area contributed by atoms with Gasteiger partial charge >= 0.3 is 0 Å². The molecule has 1 aromatic carbocycles. The molecule has 0 aliphatic carbocycles. The van der Waals surface area contributed by atoms with E-state index in [9.17, 15) is 5.11 Å². The molecule has 0 spiro atoms. The van der Waals surface area contributed by atoms with Gasteiger partial charge in [0.1, 0.15) is 24.4 Å². The number of benzene rings is 1. The summed E-state index contributed by atoms with van der Waals surface area (Å²) in [4.78, 5) is 0. The van der Waals surface area contributed by atoms with E-state index in [1.165, 1.54) is 0 Å². The first kappa shape index (κ1) is 14.6. The van der Waals surface area contributed by atoms with Crippen LogP contribution in [-0.2, 0) is 23.7 Å². The van der Waals surface area contributed by atoms with Gasteiger partial charge in [0.25, 0.3) is 0 Å². The smallest absolute Gasteiger partial charge is 0.190 e. The van der Waals surface area contributed by atoms with Crippen LogP contribution in [-0.4, -0.2) is 48.2 Å². The lowest BCUT2D eigenvalue weighted by molar-refractivity contribution is -0.313. The van der Waals surface area contributed by atoms with Crippen molar-refractivity contribution < 1.29 is 28.8 Å². The maximum Gasteiger partial charge on any atom is 0.190 e. The van der Waals surface area contributed by atoms with Gasteiger partial charge in [-0.15, -0.1) is 0 Å². The molecular formula is C16H20O6. The molecule has 120 valence electrons. The zero-order chi connectivity index (χ0) is 15.3. The highest BCUT2D eigenvalue weighted by atomic mass is 16.9. The van der Waals surface area contributed by atoms with Crippen molar-refractivity contribution in [1.82, 2.24) is 0 Å². The number of rotatable bonds is 2. The molecule has 3 fully saturated rings. The average molecular weight is 308 g/mol. The van der Waals surface area contributed by atoms with E-state index < -0.39 is 30.6 Å². The summed E-state index contributed by atoms with van der Waals surface area (Å²) in [5.41, 5.74) is 0.904. The molecule has 0 amide bonds. The van der Waals surface area contributed by atoms with Crippen LogP contribution in [0.3, 0.4) is 0 Å². The maximum atomic E-state index is 9.63. The number of aliphatic hydroxyl groups is 1. The minimum Gasteiger partial charge on any atom is -0.394 e. The van der Waals surface area contributed by atoms with Gasteiger partial charge in [-0.25, -0.2) is 0 Å². The van der Waals surface area contributed by atoms with Crippen LogP contribution in [0.2, 0.25) is 0 Å². The molecule has 22 heavy (non-hydrogen) atoms. The third-order valence-electron chi connectivity index (χ3n) is 4.22. The van der Waals surface area contributed by atoms with Crippen LogP contribution >= 0.6 is 0 Å². The Hall–Kier alpha value is -1.02. The van der Waals surface area contributed by atoms with Crippen molar-refractivity contribution in [3.05, 3.63) is 35.9 Å². The average Bonchev–Trinajstić information content (AvgIpc) is 2.99. The van der Waals surface area contributed by atoms with E-state index in [4.69, 9.17) is 23.7 Å². The largest absolute Gasteiger partial charge is 0.394 e. The van der Waals surface area contributed by atoms with Gasteiger partial charge < -0.3 is 28.8 Å². The molecule has 1 N–H and O–H groups in total. The summed E-state index contributed by atoms with van der Waals surface area (Å²) in [5, 5.41) is 9.63. The van der Waals surface area contributed by atoms with Gasteiger partial charge in [0, 0.05) is 5.56 Å². The lowest BCUT2D eigenvalue weighted by atomic mass is 10.0. The van der Waals surface area contributed by atoms with Crippen molar-refractivity contribution in [2.75, 3.05) is 6.61 Å². The molecule has 0 saturated carbocycles. The third kappa shape index (κ3) is 2.36. The van der Waals surface area contributed by atoms with Crippen molar-refractivity contribution in [3.8, 4) is 0 Å². The van der Waals surface area contributed by atoms with Gasteiger partial charge in [-0.05, 0) is 13.8 Å². The molecule has 3 aliphatic rings. The Balaban J connectivity index is 1.59. The molecule has 6 heteroatoms. The van der Waals surface area contributed by atoms with Crippen molar-refractivity contribution in [3.63, 3.8) is 0 Å². The number of fused-ring (bicyclic) bond motifs is 3. The molecule has 1 aromatic rings. The second-order valence-electron chi connectivity index (χ2n) is 6.27. The fraction of sp³-hybridized carbons (Fsp3) is 0.625. The highest BCUT2D eigenvalue weighted by Gasteiger charge is 2.59. The molecule has 6 nitrogen and oxygen atoms in total. The minimum absolute atomic E-state index is 0.142. The standard InChI is InChI=1S/C16H20O6/c1-16(2)21-13-12-11(19-15(13)22-16)10(8-17)18-14(20-12)9-6-4-3-5-7-9/h3-7,10-15,17H,8H2,1-2H3/t10-,11?,12?,13?,14?,15?/m0/s1. The van der Waals surface area contributed by atoms with E-state index >= 15 is 0 Å². The van der Waals surface area contributed by atoms with Gasteiger partial charge in [0.15, 0.2) is 18.4 Å². The van der Waals surface area contributed by atoms with Gasteiger partial charge in [0.05, 0.1) is 6.61 Å². The molecule has 0 aromatic heterocycles. The predicted molar refractivity (Wildman–Crippen MR) is 74.7 cm³/mol. The summed E-state index contributed by atoms with van der Waals surface area (Å²) in [5.74, 6) is -0.696. The zero-order valence-electron chi connectivity index (χ0n) is 12.5. The second kappa shape index (κ2) is 5.26. The Morgan fingerprint density at radius 2 is 1.73 bits per heavy atom. The van der Waals surface area contributed by atoms with Crippen LogP contribution in [0.1, 0.15) is 25.7 Å². The molecule has 6 atom stereocenters. The molecule has 0 bridgehead atoms. The molecular weight excluding hydrogens is 288 g/mol. The first-order valence-electron chi connectivity index (χ1n) is 7.55. The van der Waals surface area contributed by atoms with E-state index in [2.05, 4.69) is 0 Å².